The van der Waals surface area contributed by atoms with Gasteiger partial charge in [0.1, 0.15) is 6.10 Å². The van der Waals surface area contributed by atoms with Crippen molar-refractivity contribution in [3.8, 4) is 0 Å². The van der Waals surface area contributed by atoms with Gasteiger partial charge in [0.05, 0.1) is 24.8 Å². The maximum absolute atomic E-state index is 11.7. The van der Waals surface area contributed by atoms with E-state index in [9.17, 15) is 9.90 Å². The van der Waals surface area contributed by atoms with E-state index in [2.05, 4.69) is 0 Å². The molecule has 0 aromatic rings. The highest BCUT2D eigenvalue weighted by Gasteiger charge is 2.43. The topological polar surface area (TPSA) is 70.0 Å². The zero-order valence-corrected chi connectivity index (χ0v) is 11.1. The number of nitrogens with zero attached hydrogens (tertiary/aromatic N) is 1. The first kappa shape index (κ1) is 13.8. The number of hydrogen-bond donors (Lipinski definition) is 2. The third-order valence-electron chi connectivity index (χ3n) is 3.23. The molecule has 0 unspecified atom stereocenters. The SMILES string of the molecule is CC1=C[C@@H](O)CN2C(=O)O[C@H](/C=C/C=C/[C@@H](C)O)[C@H]12. The van der Waals surface area contributed by atoms with Gasteiger partial charge in [-0.1, -0.05) is 24.3 Å². The first-order valence-corrected chi connectivity index (χ1v) is 6.35. The predicted octanol–water partition coefficient (Wildman–Crippen LogP) is 0.990. The molecule has 2 heterocycles. The van der Waals surface area contributed by atoms with Gasteiger partial charge in [-0.05, 0) is 25.5 Å². The van der Waals surface area contributed by atoms with Gasteiger partial charge in [-0.3, -0.25) is 4.90 Å². The lowest BCUT2D eigenvalue weighted by Crippen LogP contribution is -2.45. The molecule has 1 saturated heterocycles. The standard InChI is InChI=1S/C14H19NO4/c1-9-7-11(17)8-15-13(9)12(19-14(15)18)6-4-3-5-10(2)16/h3-7,10-13,16-17H,8H2,1-2H3/b5-3+,6-4+/t10-,11-,12-,13+/m1/s1. The summed E-state index contributed by atoms with van der Waals surface area (Å²) in [5, 5.41) is 18.7. The lowest BCUT2D eigenvalue weighted by atomic mass is 9.96. The Kier molecular flexibility index (Phi) is 4.07. The van der Waals surface area contributed by atoms with Crippen LogP contribution in [-0.4, -0.2) is 52.1 Å². The lowest BCUT2D eigenvalue weighted by molar-refractivity contribution is 0.126. The minimum absolute atomic E-state index is 0.146. The molecule has 0 aromatic carbocycles. The highest BCUT2D eigenvalue weighted by molar-refractivity contribution is 5.72. The zero-order valence-electron chi connectivity index (χ0n) is 11.1. The predicted molar refractivity (Wildman–Crippen MR) is 70.5 cm³/mol. The average Bonchev–Trinajstić information content (AvgIpc) is 2.62. The van der Waals surface area contributed by atoms with E-state index in [1.165, 1.54) is 0 Å². The molecular formula is C14H19NO4. The van der Waals surface area contributed by atoms with Crippen molar-refractivity contribution in [2.75, 3.05) is 6.54 Å². The van der Waals surface area contributed by atoms with Crippen LogP contribution in [0.3, 0.4) is 0 Å². The molecule has 5 nitrogen and oxygen atoms in total. The first-order chi connectivity index (χ1) is 8.99. The summed E-state index contributed by atoms with van der Waals surface area (Å²) in [6.07, 6.45) is 6.79. The summed E-state index contributed by atoms with van der Waals surface area (Å²) in [6, 6.07) is -0.146. The maximum atomic E-state index is 11.7. The van der Waals surface area contributed by atoms with Gasteiger partial charge in [-0.15, -0.1) is 0 Å². The van der Waals surface area contributed by atoms with Crippen LogP contribution in [0.2, 0.25) is 0 Å². The maximum Gasteiger partial charge on any atom is 0.411 e. The van der Waals surface area contributed by atoms with Crippen LogP contribution >= 0.6 is 0 Å². The van der Waals surface area contributed by atoms with Crippen LogP contribution < -0.4 is 0 Å². The number of aliphatic hydroxyl groups is 2. The number of rotatable bonds is 3. The van der Waals surface area contributed by atoms with Crippen LogP contribution in [0.15, 0.2) is 36.0 Å². The molecule has 19 heavy (non-hydrogen) atoms. The van der Waals surface area contributed by atoms with E-state index < -0.39 is 18.3 Å². The van der Waals surface area contributed by atoms with Crippen LogP contribution in [0.4, 0.5) is 4.79 Å². The number of hydrogen-bond acceptors (Lipinski definition) is 4. The highest BCUT2D eigenvalue weighted by Crippen LogP contribution is 2.29. The van der Waals surface area contributed by atoms with Crippen molar-refractivity contribution >= 4 is 6.09 Å². The second-order valence-electron chi connectivity index (χ2n) is 4.93. The summed E-state index contributed by atoms with van der Waals surface area (Å²) in [6.45, 7) is 3.82. The Morgan fingerprint density at radius 3 is 2.95 bits per heavy atom. The van der Waals surface area contributed by atoms with Crippen LogP contribution in [0.1, 0.15) is 13.8 Å². The number of carbonyl (C=O) groups is 1. The molecule has 0 aromatic heterocycles. The normalized spacial score (nSPS) is 32.6. The number of fused-ring (bicyclic) bond motifs is 1. The number of cyclic esters (lactones) is 1. The van der Waals surface area contributed by atoms with E-state index in [1.54, 1.807) is 42.2 Å². The Hall–Kier alpha value is -1.59. The Morgan fingerprint density at radius 2 is 2.26 bits per heavy atom. The number of carbonyl (C=O) groups excluding carboxylic acids is 1. The quantitative estimate of drug-likeness (QED) is 0.590. The van der Waals surface area contributed by atoms with E-state index in [-0.39, 0.29) is 18.7 Å². The lowest BCUT2D eigenvalue weighted by Gasteiger charge is -2.30. The summed E-state index contributed by atoms with van der Waals surface area (Å²) < 4.78 is 5.29. The van der Waals surface area contributed by atoms with Gasteiger partial charge in [0.15, 0.2) is 0 Å². The van der Waals surface area contributed by atoms with E-state index in [1.807, 2.05) is 6.92 Å². The number of amides is 1. The Morgan fingerprint density at radius 1 is 1.53 bits per heavy atom. The molecule has 5 heteroatoms. The largest absolute Gasteiger partial charge is 0.439 e. The fourth-order valence-corrected chi connectivity index (χ4v) is 2.43. The first-order valence-electron chi connectivity index (χ1n) is 6.35. The molecule has 0 bridgehead atoms. The van der Waals surface area contributed by atoms with Gasteiger partial charge in [-0.25, -0.2) is 4.79 Å². The van der Waals surface area contributed by atoms with Crippen molar-refractivity contribution in [3.05, 3.63) is 36.0 Å². The van der Waals surface area contributed by atoms with Crippen molar-refractivity contribution in [1.29, 1.82) is 0 Å². The van der Waals surface area contributed by atoms with Crippen LogP contribution in [-0.2, 0) is 4.74 Å². The molecule has 0 aliphatic carbocycles. The third kappa shape index (κ3) is 3.05. The van der Waals surface area contributed by atoms with Gasteiger partial charge in [0.25, 0.3) is 0 Å². The molecule has 2 aliphatic rings. The summed E-state index contributed by atoms with van der Waals surface area (Å²) in [5.41, 5.74) is 0.929. The summed E-state index contributed by atoms with van der Waals surface area (Å²) in [5.74, 6) is 0. The molecule has 2 rings (SSSR count). The molecule has 0 saturated carbocycles. The fraction of sp³-hybridized carbons (Fsp3) is 0.500. The van der Waals surface area contributed by atoms with Gasteiger partial charge in [0, 0.05) is 0 Å². The second-order valence-corrected chi connectivity index (χ2v) is 4.93. The van der Waals surface area contributed by atoms with Gasteiger partial charge in [-0.2, -0.15) is 0 Å². The van der Waals surface area contributed by atoms with Crippen LogP contribution in [0.5, 0.6) is 0 Å². The molecule has 2 N–H and O–H groups in total. The molecule has 1 amide bonds. The molecule has 4 atom stereocenters. The molecular weight excluding hydrogens is 246 g/mol. The average molecular weight is 265 g/mol. The van der Waals surface area contributed by atoms with Crippen molar-refractivity contribution < 1.29 is 19.7 Å². The number of aliphatic hydroxyl groups excluding tert-OH is 2. The van der Waals surface area contributed by atoms with Gasteiger partial charge in [0.2, 0.25) is 0 Å². The van der Waals surface area contributed by atoms with Crippen molar-refractivity contribution in [2.24, 2.45) is 0 Å². The van der Waals surface area contributed by atoms with Gasteiger partial charge >= 0.3 is 6.09 Å². The third-order valence-corrected chi connectivity index (χ3v) is 3.23. The number of allylic oxidation sites excluding steroid dienone is 2. The van der Waals surface area contributed by atoms with Crippen molar-refractivity contribution in [2.45, 2.75) is 38.2 Å². The van der Waals surface area contributed by atoms with Crippen LogP contribution in [0, 0.1) is 0 Å². The summed E-state index contributed by atoms with van der Waals surface area (Å²) >= 11 is 0. The smallest absolute Gasteiger partial charge is 0.411 e. The Labute approximate surface area is 112 Å². The van der Waals surface area contributed by atoms with E-state index in [4.69, 9.17) is 9.84 Å². The summed E-state index contributed by atoms with van der Waals surface area (Å²) in [7, 11) is 0. The Bertz CT molecular complexity index is 439. The molecule has 2 aliphatic heterocycles. The van der Waals surface area contributed by atoms with Gasteiger partial charge < -0.3 is 14.9 Å². The van der Waals surface area contributed by atoms with E-state index in [0.717, 1.165) is 5.57 Å². The molecule has 1 fully saturated rings. The van der Waals surface area contributed by atoms with Crippen LogP contribution in [0.25, 0.3) is 0 Å². The Balaban J connectivity index is 2.11. The molecule has 104 valence electrons. The zero-order chi connectivity index (χ0) is 14.0. The minimum Gasteiger partial charge on any atom is -0.439 e. The summed E-state index contributed by atoms with van der Waals surface area (Å²) in [4.78, 5) is 13.3. The van der Waals surface area contributed by atoms with E-state index in [0.29, 0.717) is 0 Å². The number of ether oxygens (including phenoxy) is 1. The minimum atomic E-state index is -0.623. The second kappa shape index (κ2) is 5.59. The fourth-order valence-electron chi connectivity index (χ4n) is 2.43. The van der Waals surface area contributed by atoms with Crippen molar-refractivity contribution in [1.82, 2.24) is 4.90 Å². The molecule has 0 radical (unpaired) electrons. The molecule has 0 spiro atoms. The monoisotopic (exact) mass is 265 g/mol. The highest BCUT2D eigenvalue weighted by atomic mass is 16.6. The van der Waals surface area contributed by atoms with E-state index >= 15 is 0 Å². The van der Waals surface area contributed by atoms with Crippen molar-refractivity contribution in [3.63, 3.8) is 0 Å².